The van der Waals surface area contributed by atoms with Crippen molar-refractivity contribution in [2.45, 2.75) is 44.8 Å². The van der Waals surface area contributed by atoms with Crippen molar-refractivity contribution in [2.24, 2.45) is 5.92 Å². The molecule has 0 aliphatic carbocycles. The number of Topliss-reactive ketones (excluding diaryl/α,β-unsaturated/α-hetero) is 1. The summed E-state index contributed by atoms with van der Waals surface area (Å²) in [5.41, 5.74) is 1.46. The number of likely N-dealkylation sites (tertiary alicyclic amines) is 2. The summed E-state index contributed by atoms with van der Waals surface area (Å²) in [4.78, 5) is 60.2. The third-order valence-electron chi connectivity index (χ3n) is 7.55. The summed E-state index contributed by atoms with van der Waals surface area (Å²) < 4.78 is 0. The number of amides is 3. The molecule has 0 aromatic heterocycles. The molecule has 1 aromatic rings. The molecule has 37 heavy (non-hydrogen) atoms. The van der Waals surface area contributed by atoms with Gasteiger partial charge in [-0.3, -0.25) is 24.1 Å². The Morgan fingerprint density at radius 3 is 2.35 bits per heavy atom. The lowest BCUT2D eigenvalue weighted by molar-refractivity contribution is -0.138. The third kappa shape index (κ3) is 6.13. The number of hydrogen-bond acceptors (Lipinski definition) is 7. The molecule has 3 heterocycles. The summed E-state index contributed by atoms with van der Waals surface area (Å²) in [7, 11) is 3.86. The quantitative estimate of drug-likeness (QED) is 0.512. The van der Waals surface area contributed by atoms with Gasteiger partial charge in [0.25, 0.3) is 5.91 Å². The molecule has 0 saturated carbocycles. The number of piperazine rings is 1. The highest BCUT2D eigenvalue weighted by molar-refractivity contribution is 6.01. The lowest BCUT2D eigenvalue weighted by Crippen LogP contribution is -2.53. The number of hydrogen-bond donors (Lipinski definition) is 2. The van der Waals surface area contributed by atoms with Gasteiger partial charge >= 0.3 is 0 Å². The van der Waals surface area contributed by atoms with Gasteiger partial charge < -0.3 is 25.3 Å². The van der Waals surface area contributed by atoms with Gasteiger partial charge in [-0.05, 0) is 43.0 Å². The average molecular weight is 513 g/mol. The fraction of sp³-hybridized carbons (Fsp3) is 0.630. The van der Waals surface area contributed by atoms with Crippen LogP contribution in [-0.4, -0.2) is 116 Å². The van der Waals surface area contributed by atoms with Crippen molar-refractivity contribution < 1.29 is 19.2 Å². The van der Waals surface area contributed by atoms with Crippen LogP contribution in [0.1, 0.15) is 37.0 Å². The lowest BCUT2D eigenvalue weighted by Gasteiger charge is -2.30. The Bertz CT molecular complexity index is 1000. The molecule has 0 spiro atoms. The van der Waals surface area contributed by atoms with Gasteiger partial charge in [0.1, 0.15) is 12.1 Å². The number of anilines is 1. The monoisotopic (exact) mass is 512 g/mol. The van der Waals surface area contributed by atoms with Crippen molar-refractivity contribution >= 4 is 29.2 Å². The Labute approximate surface area is 219 Å². The van der Waals surface area contributed by atoms with Gasteiger partial charge in [0, 0.05) is 58.1 Å². The van der Waals surface area contributed by atoms with Crippen LogP contribution in [-0.2, 0) is 14.4 Å². The van der Waals surface area contributed by atoms with Gasteiger partial charge in [-0.25, -0.2) is 0 Å². The van der Waals surface area contributed by atoms with Crippen LogP contribution in [0.3, 0.4) is 0 Å². The van der Waals surface area contributed by atoms with E-state index < -0.39 is 12.1 Å². The second-order valence-electron chi connectivity index (χ2n) is 10.9. The van der Waals surface area contributed by atoms with Crippen molar-refractivity contribution in [3.63, 3.8) is 0 Å². The SMILES string of the molecule is CC(C)CC(NC(=O)c1ccc(N(C)C)cc1)C(=O)N1CCC2C1C(=O)CN2C(=O)CN1CCNCC1. The van der Waals surface area contributed by atoms with Crippen molar-refractivity contribution in [3.8, 4) is 0 Å². The first-order valence-electron chi connectivity index (χ1n) is 13.3. The number of carbonyl (C=O) groups excluding carboxylic acids is 4. The average Bonchev–Trinajstić information content (AvgIpc) is 3.45. The molecule has 3 amide bonds. The number of nitrogens with zero attached hydrogens (tertiary/aromatic N) is 4. The minimum atomic E-state index is -0.738. The Hall–Kier alpha value is -2.98. The zero-order chi connectivity index (χ0) is 26.7. The summed E-state index contributed by atoms with van der Waals surface area (Å²) in [6.45, 7) is 8.06. The molecule has 3 unspecified atom stereocenters. The smallest absolute Gasteiger partial charge is 0.251 e. The van der Waals surface area contributed by atoms with Gasteiger partial charge in [0.05, 0.1) is 19.1 Å². The van der Waals surface area contributed by atoms with E-state index in [4.69, 9.17) is 0 Å². The minimum Gasteiger partial charge on any atom is -0.378 e. The normalized spacial score (nSPS) is 22.8. The summed E-state index contributed by atoms with van der Waals surface area (Å²) in [5, 5.41) is 6.20. The molecule has 4 rings (SSSR count). The van der Waals surface area contributed by atoms with E-state index in [0.29, 0.717) is 31.5 Å². The van der Waals surface area contributed by atoms with E-state index in [0.717, 1.165) is 31.9 Å². The van der Waals surface area contributed by atoms with Crippen molar-refractivity contribution in [2.75, 3.05) is 64.8 Å². The summed E-state index contributed by atoms with van der Waals surface area (Å²) in [6.07, 6.45) is 1.04. The largest absolute Gasteiger partial charge is 0.378 e. The van der Waals surface area contributed by atoms with Crippen molar-refractivity contribution in [3.05, 3.63) is 29.8 Å². The van der Waals surface area contributed by atoms with E-state index >= 15 is 0 Å². The number of carbonyl (C=O) groups is 4. The first-order chi connectivity index (χ1) is 17.7. The molecule has 3 aliphatic heterocycles. The van der Waals surface area contributed by atoms with Crippen molar-refractivity contribution in [1.29, 1.82) is 0 Å². The number of ketones is 1. The molecular formula is C27H40N6O4. The summed E-state index contributed by atoms with van der Waals surface area (Å²) in [5.74, 6) is -0.543. The van der Waals surface area contributed by atoms with Crippen LogP contribution < -0.4 is 15.5 Å². The van der Waals surface area contributed by atoms with Crippen LogP contribution in [0.5, 0.6) is 0 Å². The van der Waals surface area contributed by atoms with Crippen LogP contribution in [0.25, 0.3) is 0 Å². The highest BCUT2D eigenvalue weighted by Gasteiger charge is 2.52. The van der Waals surface area contributed by atoms with Crippen LogP contribution >= 0.6 is 0 Å². The molecule has 0 bridgehead atoms. The molecule has 2 N–H and O–H groups in total. The van der Waals surface area contributed by atoms with E-state index in [1.165, 1.54) is 0 Å². The molecule has 3 saturated heterocycles. The number of rotatable bonds is 8. The van der Waals surface area contributed by atoms with E-state index in [-0.39, 0.29) is 42.0 Å². The summed E-state index contributed by atoms with van der Waals surface area (Å²) >= 11 is 0. The molecule has 3 atom stereocenters. The lowest BCUT2D eigenvalue weighted by atomic mass is 10.0. The predicted octanol–water partition coefficient (Wildman–Crippen LogP) is 0.183. The fourth-order valence-corrected chi connectivity index (χ4v) is 5.59. The van der Waals surface area contributed by atoms with Crippen LogP contribution in [0.4, 0.5) is 5.69 Å². The van der Waals surface area contributed by atoms with Crippen molar-refractivity contribution in [1.82, 2.24) is 25.3 Å². The van der Waals surface area contributed by atoms with E-state index in [9.17, 15) is 19.2 Å². The van der Waals surface area contributed by atoms with Gasteiger partial charge in [0.2, 0.25) is 11.8 Å². The third-order valence-corrected chi connectivity index (χ3v) is 7.55. The van der Waals surface area contributed by atoms with Crippen LogP contribution in [0.2, 0.25) is 0 Å². The Morgan fingerprint density at radius 2 is 1.73 bits per heavy atom. The van der Waals surface area contributed by atoms with Gasteiger partial charge in [0.15, 0.2) is 5.78 Å². The predicted molar refractivity (Wildman–Crippen MR) is 141 cm³/mol. The molecule has 10 nitrogen and oxygen atoms in total. The van der Waals surface area contributed by atoms with E-state index in [2.05, 4.69) is 15.5 Å². The maximum absolute atomic E-state index is 13.7. The Kier molecular flexibility index (Phi) is 8.49. The fourth-order valence-electron chi connectivity index (χ4n) is 5.59. The summed E-state index contributed by atoms with van der Waals surface area (Å²) in [6, 6.07) is 5.56. The zero-order valence-electron chi connectivity index (χ0n) is 22.4. The van der Waals surface area contributed by atoms with Crippen LogP contribution in [0, 0.1) is 5.92 Å². The Balaban J connectivity index is 1.43. The molecular weight excluding hydrogens is 472 g/mol. The molecule has 10 heteroatoms. The second kappa shape index (κ2) is 11.6. The molecule has 3 aliphatic rings. The number of nitrogens with one attached hydrogen (secondary N) is 2. The number of fused-ring (bicyclic) bond motifs is 1. The van der Waals surface area contributed by atoms with Gasteiger partial charge in [-0.2, -0.15) is 0 Å². The van der Waals surface area contributed by atoms with Crippen LogP contribution in [0.15, 0.2) is 24.3 Å². The second-order valence-corrected chi connectivity index (χ2v) is 10.9. The first-order valence-corrected chi connectivity index (χ1v) is 13.3. The molecule has 1 aromatic carbocycles. The molecule has 3 fully saturated rings. The van der Waals surface area contributed by atoms with E-state index in [1.54, 1.807) is 21.9 Å². The standard InChI is InChI=1S/C27H40N6O4/c1-18(2)15-21(29-26(36)19-5-7-20(8-6-19)30(3)4)27(37)32-12-9-22-25(32)23(34)16-33(22)24(35)17-31-13-10-28-11-14-31/h5-8,18,21-22,25,28H,9-17H2,1-4H3,(H,29,36). The topological polar surface area (TPSA) is 105 Å². The van der Waals surface area contributed by atoms with Gasteiger partial charge in [-0.15, -0.1) is 0 Å². The molecule has 0 radical (unpaired) electrons. The van der Waals surface area contributed by atoms with Gasteiger partial charge in [-0.1, -0.05) is 13.8 Å². The van der Waals surface area contributed by atoms with E-state index in [1.807, 2.05) is 45.0 Å². The number of benzene rings is 1. The zero-order valence-corrected chi connectivity index (χ0v) is 22.4. The highest BCUT2D eigenvalue weighted by atomic mass is 16.2. The first kappa shape index (κ1) is 27.1. The highest BCUT2D eigenvalue weighted by Crippen LogP contribution is 2.31. The maximum atomic E-state index is 13.7. The Morgan fingerprint density at radius 1 is 1.05 bits per heavy atom. The minimum absolute atomic E-state index is 0.0451. The maximum Gasteiger partial charge on any atom is 0.251 e. The molecule has 202 valence electrons.